The van der Waals surface area contributed by atoms with Crippen LogP contribution in [-0.4, -0.2) is 14.9 Å². The Kier molecular flexibility index (Phi) is 2.26. The Labute approximate surface area is 101 Å². The molecule has 0 radical (unpaired) electrons. The van der Waals surface area contributed by atoms with E-state index in [0.717, 1.165) is 12.1 Å². The van der Waals surface area contributed by atoms with Crippen molar-refractivity contribution in [1.29, 1.82) is 0 Å². The van der Waals surface area contributed by atoms with Gasteiger partial charge in [0.05, 0.1) is 10.9 Å². The quantitative estimate of drug-likeness (QED) is 0.716. The van der Waals surface area contributed by atoms with Crippen molar-refractivity contribution < 1.29 is 13.9 Å². The predicted molar refractivity (Wildman–Crippen MR) is 62.7 cm³/mol. The highest BCUT2D eigenvalue weighted by molar-refractivity contribution is 5.85. The summed E-state index contributed by atoms with van der Waals surface area (Å²) < 4.78 is 27.8. The van der Waals surface area contributed by atoms with Crippen LogP contribution < -0.4 is 0 Å². The summed E-state index contributed by atoms with van der Waals surface area (Å²) in [7, 11) is 0. The topological polar surface area (TPSA) is 38.1 Å². The second-order valence-electron chi connectivity index (χ2n) is 3.85. The molecule has 2 aromatic carbocycles. The Morgan fingerprint density at radius 3 is 2.61 bits per heavy atom. The zero-order chi connectivity index (χ0) is 12.7. The molecule has 0 amide bonds. The van der Waals surface area contributed by atoms with Crippen LogP contribution in [0.5, 0.6) is 5.88 Å². The maximum atomic E-state index is 13.7. The van der Waals surface area contributed by atoms with E-state index in [9.17, 15) is 13.9 Å². The second kappa shape index (κ2) is 3.80. The van der Waals surface area contributed by atoms with Crippen molar-refractivity contribution in [2.45, 2.75) is 0 Å². The number of hydrogen-bond donors (Lipinski definition) is 1. The third-order valence-electron chi connectivity index (χ3n) is 2.71. The van der Waals surface area contributed by atoms with Gasteiger partial charge in [0.1, 0.15) is 11.5 Å². The van der Waals surface area contributed by atoms with Crippen LogP contribution in [0, 0.1) is 11.6 Å². The van der Waals surface area contributed by atoms with Gasteiger partial charge in [0.15, 0.2) is 5.82 Å². The molecular weight excluding hydrogens is 238 g/mol. The minimum Gasteiger partial charge on any atom is -0.492 e. The van der Waals surface area contributed by atoms with Crippen molar-refractivity contribution in [3.63, 3.8) is 0 Å². The summed E-state index contributed by atoms with van der Waals surface area (Å²) in [6, 6.07) is 10.1. The number of para-hydroxylation sites is 1. The first-order chi connectivity index (χ1) is 8.66. The van der Waals surface area contributed by atoms with Gasteiger partial charge in [-0.25, -0.2) is 13.5 Å². The highest BCUT2D eigenvalue weighted by Crippen LogP contribution is 2.27. The highest BCUT2D eigenvalue weighted by Gasteiger charge is 2.13. The van der Waals surface area contributed by atoms with Crippen molar-refractivity contribution in [3.8, 4) is 11.6 Å². The first kappa shape index (κ1) is 10.7. The number of hydrogen-bond acceptors (Lipinski definition) is 2. The van der Waals surface area contributed by atoms with E-state index in [1.807, 2.05) is 0 Å². The first-order valence-electron chi connectivity index (χ1n) is 5.29. The van der Waals surface area contributed by atoms with Gasteiger partial charge in [-0.3, -0.25) is 0 Å². The summed E-state index contributed by atoms with van der Waals surface area (Å²) in [5, 5.41) is 14.0. The molecule has 3 aromatic rings. The van der Waals surface area contributed by atoms with Gasteiger partial charge in [-0.2, -0.15) is 0 Å². The molecule has 1 aromatic heterocycles. The van der Waals surface area contributed by atoms with E-state index in [2.05, 4.69) is 5.10 Å². The maximum Gasteiger partial charge on any atom is 0.238 e. The minimum atomic E-state index is -0.733. The Balaban J connectivity index is 2.32. The van der Waals surface area contributed by atoms with Crippen molar-refractivity contribution in [1.82, 2.24) is 9.78 Å². The van der Waals surface area contributed by atoms with Gasteiger partial charge in [0.25, 0.3) is 0 Å². The number of fused-ring (bicyclic) bond motifs is 1. The number of benzene rings is 2. The molecule has 0 atom stereocenters. The molecule has 0 spiro atoms. The zero-order valence-corrected chi connectivity index (χ0v) is 9.14. The van der Waals surface area contributed by atoms with Crippen LogP contribution in [0.2, 0.25) is 0 Å². The van der Waals surface area contributed by atoms with Gasteiger partial charge in [-0.05, 0) is 24.3 Å². The number of aromatic hydroxyl groups is 1. The van der Waals surface area contributed by atoms with E-state index in [0.29, 0.717) is 10.9 Å². The molecule has 0 aliphatic carbocycles. The van der Waals surface area contributed by atoms with Gasteiger partial charge in [0, 0.05) is 6.07 Å². The molecular formula is C13H8F2N2O. The maximum absolute atomic E-state index is 13.7. The number of nitrogens with zero attached hydrogens (tertiary/aromatic N) is 2. The van der Waals surface area contributed by atoms with Crippen LogP contribution in [0.4, 0.5) is 8.78 Å². The molecule has 18 heavy (non-hydrogen) atoms. The average molecular weight is 246 g/mol. The molecule has 0 aliphatic rings. The number of rotatable bonds is 1. The van der Waals surface area contributed by atoms with E-state index < -0.39 is 11.6 Å². The standard InChI is InChI=1S/C13H8F2N2O/c14-8-5-6-12(10(15)7-8)17-11-4-2-1-3-9(11)13(18)16-17/h1-7H,(H,16,18). The normalized spacial score (nSPS) is 11.0. The molecule has 5 heteroatoms. The smallest absolute Gasteiger partial charge is 0.238 e. The molecule has 90 valence electrons. The summed E-state index contributed by atoms with van der Waals surface area (Å²) in [5.41, 5.74) is 0.647. The first-order valence-corrected chi connectivity index (χ1v) is 5.29. The summed E-state index contributed by atoms with van der Waals surface area (Å²) in [6.45, 7) is 0. The lowest BCUT2D eigenvalue weighted by Gasteiger charge is -2.04. The van der Waals surface area contributed by atoms with Crippen molar-refractivity contribution in [2.75, 3.05) is 0 Å². The Bertz CT molecular complexity index is 737. The number of halogens is 2. The fraction of sp³-hybridized carbons (Fsp3) is 0. The zero-order valence-electron chi connectivity index (χ0n) is 9.14. The van der Waals surface area contributed by atoms with Gasteiger partial charge in [-0.15, -0.1) is 5.10 Å². The molecule has 3 nitrogen and oxygen atoms in total. The van der Waals surface area contributed by atoms with E-state index in [1.165, 1.54) is 10.7 Å². The van der Waals surface area contributed by atoms with Crippen molar-refractivity contribution >= 4 is 10.9 Å². The summed E-state index contributed by atoms with van der Waals surface area (Å²) in [5.74, 6) is -1.57. The van der Waals surface area contributed by atoms with Gasteiger partial charge < -0.3 is 5.11 Å². The number of aromatic nitrogens is 2. The Morgan fingerprint density at radius 1 is 1.06 bits per heavy atom. The van der Waals surface area contributed by atoms with Crippen molar-refractivity contribution in [3.05, 3.63) is 54.1 Å². The van der Waals surface area contributed by atoms with Crippen LogP contribution >= 0.6 is 0 Å². The molecule has 0 saturated heterocycles. The lowest BCUT2D eigenvalue weighted by Crippen LogP contribution is -1.99. The Morgan fingerprint density at radius 2 is 1.83 bits per heavy atom. The van der Waals surface area contributed by atoms with E-state index in [-0.39, 0.29) is 11.6 Å². The largest absolute Gasteiger partial charge is 0.492 e. The van der Waals surface area contributed by atoms with Crippen LogP contribution in [0.25, 0.3) is 16.6 Å². The third-order valence-corrected chi connectivity index (χ3v) is 2.71. The van der Waals surface area contributed by atoms with Gasteiger partial charge in [0.2, 0.25) is 5.88 Å². The lowest BCUT2D eigenvalue weighted by atomic mass is 10.2. The van der Waals surface area contributed by atoms with Crippen LogP contribution in [0.15, 0.2) is 42.5 Å². The summed E-state index contributed by atoms with van der Waals surface area (Å²) >= 11 is 0. The molecule has 0 unspecified atom stereocenters. The van der Waals surface area contributed by atoms with E-state index in [4.69, 9.17) is 0 Å². The van der Waals surface area contributed by atoms with Gasteiger partial charge >= 0.3 is 0 Å². The molecule has 0 aliphatic heterocycles. The van der Waals surface area contributed by atoms with E-state index in [1.54, 1.807) is 24.3 Å². The summed E-state index contributed by atoms with van der Waals surface area (Å²) in [4.78, 5) is 0. The monoisotopic (exact) mass is 246 g/mol. The molecule has 3 rings (SSSR count). The molecule has 0 bridgehead atoms. The van der Waals surface area contributed by atoms with Gasteiger partial charge in [-0.1, -0.05) is 12.1 Å². The average Bonchev–Trinajstić information content (AvgIpc) is 2.68. The highest BCUT2D eigenvalue weighted by atomic mass is 19.1. The lowest BCUT2D eigenvalue weighted by molar-refractivity contribution is 0.451. The third kappa shape index (κ3) is 1.52. The van der Waals surface area contributed by atoms with E-state index >= 15 is 0 Å². The van der Waals surface area contributed by atoms with Crippen LogP contribution in [0.1, 0.15) is 0 Å². The molecule has 0 fully saturated rings. The Hall–Kier alpha value is -2.43. The fourth-order valence-electron chi connectivity index (χ4n) is 1.89. The SMILES string of the molecule is Oc1nn(-c2ccc(F)cc2F)c2ccccc12. The fourth-order valence-corrected chi connectivity index (χ4v) is 1.89. The van der Waals surface area contributed by atoms with Crippen molar-refractivity contribution in [2.24, 2.45) is 0 Å². The second-order valence-corrected chi connectivity index (χ2v) is 3.85. The molecule has 1 N–H and O–H groups in total. The molecule has 0 saturated carbocycles. The summed E-state index contributed by atoms with van der Waals surface area (Å²) in [6.07, 6.45) is 0. The van der Waals surface area contributed by atoms with Crippen LogP contribution in [-0.2, 0) is 0 Å². The van der Waals surface area contributed by atoms with Crippen LogP contribution in [0.3, 0.4) is 0 Å². The molecule has 1 heterocycles. The predicted octanol–water partition coefficient (Wildman–Crippen LogP) is 3.01. The minimum absolute atomic E-state index is 0.0906.